The number of hydrogen-bond acceptors (Lipinski definition) is 3. The highest BCUT2D eigenvalue weighted by atomic mass is 14.9. The van der Waals surface area contributed by atoms with Gasteiger partial charge >= 0.3 is 0 Å². The average Bonchev–Trinajstić information content (AvgIpc) is 2.63. The van der Waals surface area contributed by atoms with Crippen LogP contribution in [0.2, 0.25) is 0 Å². The first-order chi connectivity index (χ1) is 6.74. The van der Waals surface area contributed by atoms with Gasteiger partial charge in [-0.1, -0.05) is 6.92 Å². The monoisotopic (exact) mass is 191 g/mol. The topological polar surface area (TPSA) is 37.8 Å². The molecule has 1 aromatic rings. The summed E-state index contributed by atoms with van der Waals surface area (Å²) in [7, 11) is 2.03. The molecule has 0 spiro atoms. The van der Waals surface area contributed by atoms with E-state index < -0.39 is 0 Å². The molecular weight excluding hydrogens is 174 g/mol. The highest BCUT2D eigenvalue weighted by molar-refractivity contribution is 5.15. The smallest absolute Gasteiger partial charge is 0.0646 e. The highest BCUT2D eigenvalue weighted by Crippen LogP contribution is 2.39. The van der Waals surface area contributed by atoms with Gasteiger partial charge in [0.15, 0.2) is 0 Å². The lowest BCUT2D eigenvalue weighted by Crippen LogP contribution is -2.26. The molecule has 3 nitrogen and oxygen atoms in total. The molecule has 1 aliphatic rings. The van der Waals surface area contributed by atoms with Crippen molar-refractivity contribution in [1.82, 2.24) is 15.3 Å². The fourth-order valence-corrected chi connectivity index (χ4v) is 2.33. The Bertz CT molecular complexity index is 299. The third kappa shape index (κ3) is 1.64. The predicted molar refractivity (Wildman–Crippen MR) is 56.1 cm³/mol. The number of rotatable bonds is 2. The van der Waals surface area contributed by atoms with Crippen LogP contribution in [0.1, 0.15) is 31.9 Å². The van der Waals surface area contributed by atoms with Crippen molar-refractivity contribution >= 4 is 0 Å². The van der Waals surface area contributed by atoms with Crippen LogP contribution in [0.4, 0.5) is 0 Å². The van der Waals surface area contributed by atoms with Gasteiger partial charge in [0.1, 0.15) is 0 Å². The van der Waals surface area contributed by atoms with Crippen molar-refractivity contribution in [1.29, 1.82) is 0 Å². The molecule has 0 aromatic carbocycles. The van der Waals surface area contributed by atoms with E-state index >= 15 is 0 Å². The van der Waals surface area contributed by atoms with Gasteiger partial charge < -0.3 is 5.32 Å². The molecule has 3 heteroatoms. The first-order valence-electron chi connectivity index (χ1n) is 5.18. The predicted octanol–water partition coefficient (Wildman–Crippen LogP) is 1.51. The first-order valence-corrected chi connectivity index (χ1v) is 5.18. The van der Waals surface area contributed by atoms with Crippen molar-refractivity contribution in [2.24, 2.45) is 0 Å². The molecule has 0 saturated heterocycles. The van der Waals surface area contributed by atoms with Gasteiger partial charge in [-0.05, 0) is 26.3 Å². The van der Waals surface area contributed by atoms with E-state index in [1.165, 1.54) is 19.3 Å². The second kappa shape index (κ2) is 3.65. The van der Waals surface area contributed by atoms with Gasteiger partial charge in [0, 0.05) is 30.0 Å². The largest absolute Gasteiger partial charge is 0.317 e. The van der Waals surface area contributed by atoms with Crippen LogP contribution in [0.3, 0.4) is 0 Å². The highest BCUT2D eigenvalue weighted by Gasteiger charge is 2.36. The van der Waals surface area contributed by atoms with Crippen molar-refractivity contribution in [2.75, 3.05) is 7.05 Å². The van der Waals surface area contributed by atoms with E-state index in [0.717, 1.165) is 5.69 Å². The third-order valence-electron chi connectivity index (χ3n) is 3.33. The maximum atomic E-state index is 4.41. The summed E-state index contributed by atoms with van der Waals surface area (Å²) in [4.78, 5) is 8.55. The van der Waals surface area contributed by atoms with Gasteiger partial charge in [0.05, 0.1) is 5.69 Å². The molecule has 1 N–H and O–H groups in total. The second-order valence-electron chi connectivity index (χ2n) is 4.38. The summed E-state index contributed by atoms with van der Waals surface area (Å²) in [6.45, 7) is 2.29. The van der Waals surface area contributed by atoms with E-state index in [1.807, 2.05) is 13.2 Å². The molecule has 1 heterocycles. The molecule has 0 radical (unpaired) electrons. The van der Waals surface area contributed by atoms with Gasteiger partial charge in [-0.25, -0.2) is 0 Å². The molecule has 2 atom stereocenters. The van der Waals surface area contributed by atoms with Gasteiger partial charge in [-0.15, -0.1) is 0 Å². The lowest BCUT2D eigenvalue weighted by atomic mass is 9.85. The zero-order valence-corrected chi connectivity index (χ0v) is 8.83. The fraction of sp³-hybridized carbons (Fsp3) is 0.636. The number of nitrogens with one attached hydrogen (secondary N) is 1. The molecule has 2 rings (SSSR count). The van der Waals surface area contributed by atoms with Crippen LogP contribution in [-0.2, 0) is 5.41 Å². The molecule has 0 aliphatic heterocycles. The van der Waals surface area contributed by atoms with Crippen molar-refractivity contribution in [3.8, 4) is 0 Å². The zero-order valence-electron chi connectivity index (χ0n) is 8.83. The molecule has 76 valence electrons. The number of nitrogens with zero attached hydrogens (tertiary/aromatic N) is 2. The van der Waals surface area contributed by atoms with Gasteiger partial charge in [0.2, 0.25) is 0 Å². The van der Waals surface area contributed by atoms with E-state index in [1.54, 1.807) is 12.4 Å². The summed E-state index contributed by atoms with van der Waals surface area (Å²) in [5.41, 5.74) is 1.36. The Morgan fingerprint density at radius 2 is 2.36 bits per heavy atom. The lowest BCUT2D eigenvalue weighted by molar-refractivity contribution is 0.452. The Hall–Kier alpha value is -0.960. The van der Waals surface area contributed by atoms with E-state index in [2.05, 4.69) is 22.2 Å². The van der Waals surface area contributed by atoms with Crippen LogP contribution < -0.4 is 5.32 Å². The van der Waals surface area contributed by atoms with Crippen LogP contribution in [0.25, 0.3) is 0 Å². The minimum absolute atomic E-state index is 0.224. The van der Waals surface area contributed by atoms with Gasteiger partial charge in [-0.3, -0.25) is 9.97 Å². The number of hydrogen-bond donors (Lipinski definition) is 1. The molecule has 0 amide bonds. The summed E-state index contributed by atoms with van der Waals surface area (Å²) in [5, 5.41) is 3.34. The SMILES string of the molecule is CNC1CCC(C)(c2cnccn2)C1. The molecule has 2 unspecified atom stereocenters. The van der Waals surface area contributed by atoms with Crippen molar-refractivity contribution in [2.45, 2.75) is 37.6 Å². The Morgan fingerprint density at radius 3 is 2.93 bits per heavy atom. The zero-order chi connectivity index (χ0) is 10.0. The molecule has 1 aromatic heterocycles. The summed E-state index contributed by atoms with van der Waals surface area (Å²) in [5.74, 6) is 0. The molecule has 1 fully saturated rings. The van der Waals surface area contributed by atoms with Crippen molar-refractivity contribution in [3.63, 3.8) is 0 Å². The quantitative estimate of drug-likeness (QED) is 0.770. The summed E-state index contributed by atoms with van der Waals surface area (Å²) >= 11 is 0. The Morgan fingerprint density at radius 1 is 1.50 bits per heavy atom. The van der Waals surface area contributed by atoms with Crippen molar-refractivity contribution < 1.29 is 0 Å². The summed E-state index contributed by atoms with van der Waals surface area (Å²) < 4.78 is 0. The van der Waals surface area contributed by atoms with Crippen LogP contribution in [0.15, 0.2) is 18.6 Å². The summed E-state index contributed by atoms with van der Waals surface area (Å²) in [6, 6.07) is 0.641. The third-order valence-corrected chi connectivity index (χ3v) is 3.33. The van der Waals surface area contributed by atoms with Gasteiger partial charge in [-0.2, -0.15) is 0 Å². The maximum absolute atomic E-state index is 4.41. The number of aromatic nitrogens is 2. The normalized spacial score (nSPS) is 32.0. The minimum Gasteiger partial charge on any atom is -0.317 e. The first kappa shape index (κ1) is 9.59. The molecule has 1 aliphatic carbocycles. The summed E-state index contributed by atoms with van der Waals surface area (Å²) in [6.07, 6.45) is 9.03. The van der Waals surface area contributed by atoms with Crippen LogP contribution in [0.5, 0.6) is 0 Å². The molecule has 1 saturated carbocycles. The van der Waals surface area contributed by atoms with E-state index in [9.17, 15) is 0 Å². The molecule has 0 bridgehead atoms. The fourth-order valence-electron chi connectivity index (χ4n) is 2.33. The Balaban J connectivity index is 2.19. The Kier molecular flexibility index (Phi) is 2.50. The van der Waals surface area contributed by atoms with Gasteiger partial charge in [0.25, 0.3) is 0 Å². The molecular formula is C11H17N3. The molecule has 14 heavy (non-hydrogen) atoms. The second-order valence-corrected chi connectivity index (χ2v) is 4.38. The van der Waals surface area contributed by atoms with Crippen LogP contribution in [0, 0.1) is 0 Å². The van der Waals surface area contributed by atoms with E-state index in [4.69, 9.17) is 0 Å². The van der Waals surface area contributed by atoms with Crippen molar-refractivity contribution in [3.05, 3.63) is 24.3 Å². The van der Waals surface area contributed by atoms with Crippen LogP contribution in [-0.4, -0.2) is 23.1 Å². The van der Waals surface area contributed by atoms with Crippen LogP contribution >= 0.6 is 0 Å². The van der Waals surface area contributed by atoms with E-state index in [-0.39, 0.29) is 5.41 Å². The lowest BCUT2D eigenvalue weighted by Gasteiger charge is -2.22. The minimum atomic E-state index is 0.224. The van der Waals surface area contributed by atoms with E-state index in [0.29, 0.717) is 6.04 Å². The average molecular weight is 191 g/mol. The standard InChI is InChI=1S/C11H17N3/c1-11(4-3-9(7-11)12-2)10-8-13-5-6-14-10/h5-6,8-9,12H,3-4,7H2,1-2H3. The Labute approximate surface area is 85.0 Å². The maximum Gasteiger partial charge on any atom is 0.0646 e.